The topological polar surface area (TPSA) is 75.6 Å². The molecule has 108 valence electrons. The fourth-order valence-corrected chi connectivity index (χ4v) is 1.83. The maximum atomic E-state index is 11.7. The Balaban J connectivity index is 1.86. The number of hydrogen-bond acceptors (Lipinski definition) is 3. The van der Waals surface area contributed by atoms with Crippen LogP contribution in [-0.4, -0.2) is 23.8 Å². The van der Waals surface area contributed by atoms with Crippen LogP contribution in [0.15, 0.2) is 54.6 Å². The van der Waals surface area contributed by atoms with Gasteiger partial charge in [-0.3, -0.25) is 5.32 Å². The Labute approximate surface area is 122 Å². The van der Waals surface area contributed by atoms with Gasteiger partial charge in [-0.05, 0) is 17.7 Å². The van der Waals surface area contributed by atoms with Crippen molar-refractivity contribution >= 4 is 17.7 Å². The zero-order valence-electron chi connectivity index (χ0n) is 11.3. The highest BCUT2D eigenvalue weighted by Crippen LogP contribution is 2.15. The molecule has 2 rings (SSSR count). The van der Waals surface area contributed by atoms with E-state index in [9.17, 15) is 9.59 Å². The van der Waals surface area contributed by atoms with Crippen molar-refractivity contribution < 1.29 is 19.4 Å². The van der Waals surface area contributed by atoms with Gasteiger partial charge in [0.15, 0.2) is 0 Å². The monoisotopic (exact) mass is 285 g/mol. The van der Waals surface area contributed by atoms with Gasteiger partial charge in [-0.25, -0.2) is 9.59 Å². The van der Waals surface area contributed by atoms with Crippen LogP contribution < -0.4 is 5.32 Å². The van der Waals surface area contributed by atoms with Crippen molar-refractivity contribution in [1.29, 1.82) is 0 Å². The molecule has 21 heavy (non-hydrogen) atoms. The van der Waals surface area contributed by atoms with Crippen LogP contribution in [0.3, 0.4) is 0 Å². The zero-order valence-corrected chi connectivity index (χ0v) is 11.3. The second-order valence-corrected chi connectivity index (χ2v) is 4.35. The maximum absolute atomic E-state index is 11.7. The van der Waals surface area contributed by atoms with Gasteiger partial charge in [0.1, 0.15) is 0 Å². The van der Waals surface area contributed by atoms with E-state index >= 15 is 0 Å². The molecule has 0 fully saturated rings. The highest BCUT2D eigenvalue weighted by atomic mass is 16.5. The summed E-state index contributed by atoms with van der Waals surface area (Å²) in [5, 5.41) is 11.4. The second kappa shape index (κ2) is 7.09. The number of carboxylic acids is 1. The molecule has 0 unspecified atom stereocenters. The van der Waals surface area contributed by atoms with E-state index in [4.69, 9.17) is 9.84 Å². The van der Waals surface area contributed by atoms with Gasteiger partial charge >= 0.3 is 12.1 Å². The van der Waals surface area contributed by atoms with Gasteiger partial charge in [-0.1, -0.05) is 42.5 Å². The van der Waals surface area contributed by atoms with Crippen molar-refractivity contribution in [3.63, 3.8) is 0 Å². The molecule has 0 radical (unpaired) electrons. The number of benzene rings is 2. The summed E-state index contributed by atoms with van der Waals surface area (Å²) in [6.07, 6.45) is -0.0610. The predicted octanol–water partition coefficient (Wildman–Crippen LogP) is 3.18. The fourth-order valence-electron chi connectivity index (χ4n) is 1.83. The molecule has 0 saturated heterocycles. The van der Waals surface area contributed by atoms with Crippen molar-refractivity contribution in [2.75, 3.05) is 11.9 Å². The van der Waals surface area contributed by atoms with Crippen LogP contribution in [-0.2, 0) is 11.2 Å². The smallest absolute Gasteiger partial charge is 0.411 e. The van der Waals surface area contributed by atoms with Crippen LogP contribution in [0.25, 0.3) is 0 Å². The van der Waals surface area contributed by atoms with Crippen LogP contribution in [0.1, 0.15) is 15.9 Å². The molecule has 0 heterocycles. The fraction of sp³-hybridized carbons (Fsp3) is 0.125. The van der Waals surface area contributed by atoms with Crippen LogP contribution >= 0.6 is 0 Å². The Morgan fingerprint density at radius 3 is 2.38 bits per heavy atom. The second-order valence-electron chi connectivity index (χ2n) is 4.35. The third kappa shape index (κ3) is 4.35. The third-order valence-corrected chi connectivity index (χ3v) is 2.86. The third-order valence-electron chi connectivity index (χ3n) is 2.86. The highest BCUT2D eigenvalue weighted by molar-refractivity contribution is 5.98. The Morgan fingerprint density at radius 1 is 1.00 bits per heavy atom. The SMILES string of the molecule is O=C(Nc1ccccc1C(=O)O)OCCc1ccccc1. The molecule has 2 aromatic rings. The first-order chi connectivity index (χ1) is 10.2. The molecule has 0 saturated carbocycles. The molecule has 0 spiro atoms. The van der Waals surface area contributed by atoms with Crippen molar-refractivity contribution in [2.24, 2.45) is 0 Å². The van der Waals surface area contributed by atoms with Gasteiger partial charge in [-0.15, -0.1) is 0 Å². The van der Waals surface area contributed by atoms with Crippen molar-refractivity contribution in [1.82, 2.24) is 0 Å². The molecule has 5 nitrogen and oxygen atoms in total. The average Bonchev–Trinajstić information content (AvgIpc) is 2.48. The summed E-state index contributed by atoms with van der Waals surface area (Å²) >= 11 is 0. The molecule has 2 N–H and O–H groups in total. The molecular formula is C16H15NO4. The lowest BCUT2D eigenvalue weighted by Crippen LogP contribution is -2.17. The quantitative estimate of drug-likeness (QED) is 0.884. The first-order valence-corrected chi connectivity index (χ1v) is 6.47. The molecule has 0 aliphatic carbocycles. The number of aromatic carboxylic acids is 1. The number of nitrogens with one attached hydrogen (secondary N) is 1. The van der Waals surface area contributed by atoms with Gasteiger partial charge in [0.2, 0.25) is 0 Å². The highest BCUT2D eigenvalue weighted by Gasteiger charge is 2.12. The van der Waals surface area contributed by atoms with E-state index in [0.717, 1.165) is 5.56 Å². The lowest BCUT2D eigenvalue weighted by atomic mass is 10.2. The maximum Gasteiger partial charge on any atom is 0.411 e. The van der Waals surface area contributed by atoms with Gasteiger partial charge in [-0.2, -0.15) is 0 Å². The number of anilines is 1. The summed E-state index contributed by atoms with van der Waals surface area (Å²) in [4.78, 5) is 22.7. The van der Waals surface area contributed by atoms with E-state index in [-0.39, 0.29) is 17.9 Å². The summed E-state index contributed by atoms with van der Waals surface area (Å²) in [6, 6.07) is 15.8. The molecule has 2 aromatic carbocycles. The largest absolute Gasteiger partial charge is 0.478 e. The number of carbonyl (C=O) groups is 2. The van der Waals surface area contributed by atoms with Gasteiger partial charge in [0.05, 0.1) is 17.9 Å². The lowest BCUT2D eigenvalue weighted by Gasteiger charge is -2.09. The van der Waals surface area contributed by atoms with Crippen molar-refractivity contribution in [2.45, 2.75) is 6.42 Å². The summed E-state index contributed by atoms with van der Waals surface area (Å²) < 4.78 is 5.04. The summed E-state index contributed by atoms with van der Waals surface area (Å²) in [7, 11) is 0. The van der Waals surface area contributed by atoms with Crippen LogP contribution in [0.5, 0.6) is 0 Å². The van der Waals surface area contributed by atoms with Crippen LogP contribution in [0.4, 0.5) is 10.5 Å². The average molecular weight is 285 g/mol. The number of carboxylic acid groups (broad SMARTS) is 1. The summed E-state index contributed by atoms with van der Waals surface area (Å²) in [5.74, 6) is -1.10. The zero-order chi connectivity index (χ0) is 15.1. The Kier molecular flexibility index (Phi) is 4.93. The van der Waals surface area contributed by atoms with E-state index in [1.54, 1.807) is 12.1 Å². The lowest BCUT2D eigenvalue weighted by molar-refractivity contribution is 0.0698. The number of para-hydroxylation sites is 1. The van der Waals surface area contributed by atoms with Gasteiger partial charge in [0.25, 0.3) is 0 Å². The first kappa shape index (κ1) is 14.6. The Morgan fingerprint density at radius 2 is 1.67 bits per heavy atom. The number of carbonyl (C=O) groups excluding carboxylic acids is 1. The Hall–Kier alpha value is -2.82. The van der Waals surface area contributed by atoms with E-state index in [0.29, 0.717) is 6.42 Å². The minimum Gasteiger partial charge on any atom is -0.478 e. The summed E-state index contributed by atoms with van der Waals surface area (Å²) in [6.45, 7) is 0.227. The van der Waals surface area contributed by atoms with Gasteiger partial charge < -0.3 is 9.84 Å². The predicted molar refractivity (Wildman–Crippen MR) is 78.5 cm³/mol. The Bertz CT molecular complexity index is 625. The van der Waals surface area contributed by atoms with Gasteiger partial charge in [0, 0.05) is 6.42 Å². The van der Waals surface area contributed by atoms with E-state index in [2.05, 4.69) is 5.32 Å². The number of ether oxygens (including phenoxy) is 1. The van der Waals surface area contributed by atoms with E-state index in [1.165, 1.54) is 12.1 Å². The van der Waals surface area contributed by atoms with E-state index in [1.807, 2.05) is 30.3 Å². The molecular weight excluding hydrogens is 270 g/mol. The molecule has 0 aliphatic heterocycles. The first-order valence-electron chi connectivity index (χ1n) is 6.47. The molecule has 1 amide bonds. The molecule has 0 aromatic heterocycles. The molecule has 0 bridgehead atoms. The molecule has 5 heteroatoms. The normalized spacial score (nSPS) is 9.90. The van der Waals surface area contributed by atoms with Crippen molar-refractivity contribution in [3.05, 3.63) is 65.7 Å². The standard InChI is InChI=1S/C16H15NO4/c18-15(19)13-8-4-5-9-14(13)17-16(20)21-11-10-12-6-2-1-3-7-12/h1-9H,10-11H2,(H,17,20)(H,18,19). The minimum atomic E-state index is -1.10. The van der Waals surface area contributed by atoms with E-state index < -0.39 is 12.1 Å². The molecule has 0 atom stereocenters. The number of rotatable bonds is 5. The minimum absolute atomic E-state index is 0.0255. The number of amides is 1. The van der Waals surface area contributed by atoms with Crippen LogP contribution in [0, 0.1) is 0 Å². The van der Waals surface area contributed by atoms with Crippen LogP contribution in [0.2, 0.25) is 0 Å². The summed E-state index contributed by atoms with van der Waals surface area (Å²) in [5.41, 5.74) is 1.31. The molecule has 0 aliphatic rings. The van der Waals surface area contributed by atoms with Crippen molar-refractivity contribution in [3.8, 4) is 0 Å². The number of hydrogen-bond donors (Lipinski definition) is 2.